The summed E-state index contributed by atoms with van der Waals surface area (Å²) in [6.45, 7) is 0.549. The predicted octanol–water partition coefficient (Wildman–Crippen LogP) is 0.326. The lowest BCUT2D eigenvalue weighted by atomic mass is 10.1. The van der Waals surface area contributed by atoms with E-state index in [1.165, 1.54) is 0 Å². The van der Waals surface area contributed by atoms with Crippen LogP contribution in [0.15, 0.2) is 24.3 Å². The van der Waals surface area contributed by atoms with Crippen LogP contribution in [0.4, 0.5) is 0 Å². The molecule has 0 aliphatic heterocycles. The molecule has 0 radical (unpaired) electrons. The molecule has 0 unspecified atom stereocenters. The highest BCUT2D eigenvalue weighted by Crippen LogP contribution is 2.04. The third kappa shape index (κ3) is 4.95. The van der Waals surface area contributed by atoms with Gasteiger partial charge in [-0.1, -0.05) is 12.1 Å². The Bertz CT molecular complexity index is 506. The number of nitriles is 1. The molecule has 6 heteroatoms. The van der Waals surface area contributed by atoms with Gasteiger partial charge in [-0.2, -0.15) is 5.26 Å². The highest BCUT2D eigenvalue weighted by Gasteiger charge is 2.08. The highest BCUT2D eigenvalue weighted by molar-refractivity contribution is 7.89. The maximum atomic E-state index is 11.5. The summed E-state index contributed by atoms with van der Waals surface area (Å²) in [7, 11) is -3.27. The molecule has 0 spiro atoms. The molecule has 0 amide bonds. The van der Waals surface area contributed by atoms with Crippen LogP contribution in [0.3, 0.4) is 0 Å². The van der Waals surface area contributed by atoms with Gasteiger partial charge in [-0.05, 0) is 30.7 Å². The Balaban J connectivity index is 2.58. The first-order valence-electron chi connectivity index (χ1n) is 5.24. The topological polar surface area (TPSA) is 96.0 Å². The number of nitrogens with two attached hydrogens (primary N) is 1. The van der Waals surface area contributed by atoms with Crippen molar-refractivity contribution < 1.29 is 8.42 Å². The normalized spacial score (nSPS) is 11.1. The van der Waals surface area contributed by atoms with Gasteiger partial charge in [0.05, 0.1) is 17.4 Å². The van der Waals surface area contributed by atoms with E-state index in [2.05, 4.69) is 4.72 Å². The van der Waals surface area contributed by atoms with E-state index in [-0.39, 0.29) is 12.3 Å². The smallest absolute Gasteiger partial charge is 0.211 e. The summed E-state index contributed by atoms with van der Waals surface area (Å²) in [5, 5.41) is 8.70. The molecular formula is C11H15N3O2S. The molecule has 3 N–H and O–H groups in total. The molecule has 0 aliphatic carbocycles. The van der Waals surface area contributed by atoms with Crippen molar-refractivity contribution in [2.24, 2.45) is 5.73 Å². The zero-order valence-electron chi connectivity index (χ0n) is 9.39. The van der Waals surface area contributed by atoms with Crippen LogP contribution in [0.25, 0.3) is 0 Å². The lowest BCUT2D eigenvalue weighted by Gasteiger charge is -2.06. The maximum absolute atomic E-state index is 11.5. The average molecular weight is 253 g/mol. The van der Waals surface area contributed by atoms with Crippen LogP contribution in [0, 0.1) is 11.3 Å². The van der Waals surface area contributed by atoms with Crippen LogP contribution in [0.5, 0.6) is 0 Å². The molecule has 92 valence electrons. The van der Waals surface area contributed by atoms with E-state index in [0.29, 0.717) is 18.5 Å². The Morgan fingerprint density at radius 2 is 2.18 bits per heavy atom. The molecular weight excluding hydrogens is 238 g/mol. The molecule has 17 heavy (non-hydrogen) atoms. The molecule has 1 aromatic carbocycles. The minimum absolute atomic E-state index is 0.0292. The molecule has 0 saturated heterocycles. The fourth-order valence-corrected chi connectivity index (χ4v) is 2.37. The van der Waals surface area contributed by atoms with Crippen molar-refractivity contribution in [2.75, 3.05) is 12.3 Å². The van der Waals surface area contributed by atoms with Crippen LogP contribution in [0.2, 0.25) is 0 Å². The molecule has 0 saturated carbocycles. The number of hydrogen-bond donors (Lipinski definition) is 2. The SMILES string of the molecule is N#Cc1cccc(CNS(=O)(=O)CCCN)c1. The summed E-state index contributed by atoms with van der Waals surface area (Å²) in [6, 6.07) is 8.83. The number of rotatable bonds is 6. The third-order valence-corrected chi connectivity index (χ3v) is 3.58. The Morgan fingerprint density at radius 1 is 1.41 bits per heavy atom. The fourth-order valence-electron chi connectivity index (χ4n) is 1.29. The van der Waals surface area contributed by atoms with E-state index < -0.39 is 10.0 Å². The Labute approximate surface area is 101 Å². The number of sulfonamides is 1. The molecule has 1 rings (SSSR count). The first-order chi connectivity index (χ1) is 8.07. The van der Waals surface area contributed by atoms with Gasteiger partial charge in [-0.25, -0.2) is 13.1 Å². The Kier molecular flexibility index (Phi) is 5.10. The van der Waals surface area contributed by atoms with Gasteiger partial charge < -0.3 is 5.73 Å². The molecule has 0 fully saturated rings. The maximum Gasteiger partial charge on any atom is 0.211 e. The van der Waals surface area contributed by atoms with E-state index >= 15 is 0 Å². The highest BCUT2D eigenvalue weighted by atomic mass is 32.2. The lowest BCUT2D eigenvalue weighted by Crippen LogP contribution is -2.27. The van der Waals surface area contributed by atoms with Gasteiger partial charge in [0.25, 0.3) is 0 Å². The molecule has 1 aromatic rings. The van der Waals surface area contributed by atoms with Crippen LogP contribution < -0.4 is 10.5 Å². The second kappa shape index (κ2) is 6.35. The zero-order valence-corrected chi connectivity index (χ0v) is 10.2. The number of nitrogens with zero attached hydrogens (tertiary/aromatic N) is 1. The molecule has 0 atom stereocenters. The fraction of sp³-hybridized carbons (Fsp3) is 0.364. The van der Waals surface area contributed by atoms with Crippen molar-refractivity contribution >= 4 is 10.0 Å². The molecule has 0 heterocycles. The van der Waals surface area contributed by atoms with Gasteiger partial charge in [0.15, 0.2) is 0 Å². The molecule has 0 aliphatic rings. The summed E-state index contributed by atoms with van der Waals surface area (Å²) < 4.78 is 25.4. The lowest BCUT2D eigenvalue weighted by molar-refractivity contribution is 0.579. The van der Waals surface area contributed by atoms with Crippen molar-refractivity contribution in [3.05, 3.63) is 35.4 Å². The second-order valence-electron chi connectivity index (χ2n) is 3.59. The largest absolute Gasteiger partial charge is 0.330 e. The minimum atomic E-state index is -3.27. The Morgan fingerprint density at radius 3 is 2.82 bits per heavy atom. The van der Waals surface area contributed by atoms with E-state index in [1.54, 1.807) is 24.3 Å². The predicted molar refractivity (Wildman–Crippen MR) is 65.5 cm³/mol. The van der Waals surface area contributed by atoms with Crippen molar-refractivity contribution in [1.82, 2.24) is 4.72 Å². The summed E-state index contributed by atoms with van der Waals surface area (Å²) in [6.07, 6.45) is 0.438. The van der Waals surface area contributed by atoms with Gasteiger partial charge in [0.1, 0.15) is 0 Å². The minimum Gasteiger partial charge on any atom is -0.330 e. The quantitative estimate of drug-likeness (QED) is 0.763. The monoisotopic (exact) mass is 253 g/mol. The molecule has 0 aromatic heterocycles. The summed E-state index contributed by atoms with van der Waals surface area (Å²) >= 11 is 0. The average Bonchev–Trinajstić information content (AvgIpc) is 2.34. The van der Waals surface area contributed by atoms with Gasteiger partial charge in [-0.3, -0.25) is 0 Å². The second-order valence-corrected chi connectivity index (χ2v) is 5.52. The van der Waals surface area contributed by atoms with Gasteiger partial charge >= 0.3 is 0 Å². The standard InChI is InChI=1S/C11H15N3O2S/c12-5-2-6-17(15,16)14-9-11-4-1-3-10(7-11)8-13/h1,3-4,7,14H,2,5-6,9,12H2. The van der Waals surface area contributed by atoms with Gasteiger partial charge in [0.2, 0.25) is 10.0 Å². The van der Waals surface area contributed by atoms with Crippen LogP contribution in [-0.4, -0.2) is 20.7 Å². The number of nitrogens with one attached hydrogen (secondary N) is 1. The van der Waals surface area contributed by atoms with Gasteiger partial charge in [-0.15, -0.1) is 0 Å². The van der Waals surface area contributed by atoms with E-state index in [4.69, 9.17) is 11.0 Å². The molecule has 5 nitrogen and oxygen atoms in total. The number of benzene rings is 1. The van der Waals surface area contributed by atoms with E-state index in [1.807, 2.05) is 6.07 Å². The van der Waals surface area contributed by atoms with Crippen LogP contribution >= 0.6 is 0 Å². The zero-order chi connectivity index (χ0) is 12.7. The van der Waals surface area contributed by atoms with E-state index in [0.717, 1.165) is 5.56 Å². The summed E-state index contributed by atoms with van der Waals surface area (Å²) in [4.78, 5) is 0. The van der Waals surface area contributed by atoms with Gasteiger partial charge in [0, 0.05) is 6.54 Å². The van der Waals surface area contributed by atoms with Crippen molar-refractivity contribution in [3.8, 4) is 6.07 Å². The van der Waals surface area contributed by atoms with Crippen molar-refractivity contribution in [1.29, 1.82) is 5.26 Å². The molecule has 0 bridgehead atoms. The first kappa shape index (κ1) is 13.6. The summed E-state index contributed by atoms with van der Waals surface area (Å²) in [5.41, 5.74) is 6.53. The first-order valence-corrected chi connectivity index (χ1v) is 6.89. The van der Waals surface area contributed by atoms with Crippen molar-refractivity contribution in [2.45, 2.75) is 13.0 Å². The third-order valence-electron chi connectivity index (χ3n) is 2.17. The van der Waals surface area contributed by atoms with Crippen LogP contribution in [-0.2, 0) is 16.6 Å². The number of hydrogen-bond acceptors (Lipinski definition) is 4. The summed E-state index contributed by atoms with van der Waals surface area (Å²) in [5.74, 6) is 0.0292. The van der Waals surface area contributed by atoms with E-state index in [9.17, 15) is 8.42 Å². The van der Waals surface area contributed by atoms with Crippen LogP contribution in [0.1, 0.15) is 17.5 Å². The Hall–Kier alpha value is -1.42. The van der Waals surface area contributed by atoms with Crippen molar-refractivity contribution in [3.63, 3.8) is 0 Å².